The fraction of sp³-hybridized carbons (Fsp3) is 0.526. The van der Waals surface area contributed by atoms with E-state index in [4.69, 9.17) is 21.6 Å². The van der Waals surface area contributed by atoms with Crippen LogP contribution in [-0.2, 0) is 20.7 Å². The fourth-order valence-corrected chi connectivity index (χ4v) is 2.39. The largest absolute Gasteiger partial charge is 0.508 e. The Morgan fingerprint density at radius 3 is 2.39 bits per heavy atom. The van der Waals surface area contributed by atoms with E-state index >= 15 is 0 Å². The molecular weight excluding hydrogens is 362 g/mol. The first-order valence-corrected chi connectivity index (χ1v) is 9.12. The van der Waals surface area contributed by atoms with Gasteiger partial charge in [-0.25, -0.2) is 4.79 Å². The molecule has 0 unspecified atom stereocenters. The summed E-state index contributed by atoms with van der Waals surface area (Å²) in [6, 6.07) is 4.66. The third-order valence-electron chi connectivity index (χ3n) is 3.73. The van der Waals surface area contributed by atoms with Crippen LogP contribution < -0.4 is 22.1 Å². The van der Waals surface area contributed by atoms with Crippen molar-refractivity contribution >= 4 is 17.8 Å². The molecule has 0 aliphatic rings. The van der Waals surface area contributed by atoms with Crippen molar-refractivity contribution in [1.29, 1.82) is 5.41 Å². The van der Waals surface area contributed by atoms with E-state index in [1.165, 1.54) is 12.1 Å². The van der Waals surface area contributed by atoms with E-state index in [1.54, 1.807) is 32.9 Å². The number of nitrogens with one attached hydrogen (secondary N) is 3. The first kappa shape index (κ1) is 23.2. The highest BCUT2D eigenvalue weighted by Crippen LogP contribution is 2.14. The minimum Gasteiger partial charge on any atom is -0.508 e. The second-order valence-electron chi connectivity index (χ2n) is 7.55. The van der Waals surface area contributed by atoms with Crippen molar-refractivity contribution in [3.8, 4) is 5.75 Å². The number of carbonyl (C=O) groups is 2. The summed E-state index contributed by atoms with van der Waals surface area (Å²) < 4.78 is 5.41. The smallest absolute Gasteiger partial charge is 0.329 e. The van der Waals surface area contributed by atoms with Crippen molar-refractivity contribution in [2.45, 2.75) is 57.7 Å². The van der Waals surface area contributed by atoms with Crippen LogP contribution in [0.5, 0.6) is 5.75 Å². The molecule has 0 aromatic heterocycles. The van der Waals surface area contributed by atoms with Crippen LogP contribution in [0.3, 0.4) is 0 Å². The third-order valence-corrected chi connectivity index (χ3v) is 3.73. The van der Waals surface area contributed by atoms with Crippen molar-refractivity contribution in [1.82, 2.24) is 10.6 Å². The van der Waals surface area contributed by atoms with E-state index in [-0.39, 0.29) is 18.1 Å². The molecule has 8 N–H and O–H groups in total. The van der Waals surface area contributed by atoms with Crippen LogP contribution in [0.4, 0.5) is 0 Å². The second-order valence-corrected chi connectivity index (χ2v) is 7.55. The third kappa shape index (κ3) is 9.22. The number of hydrogen-bond donors (Lipinski definition) is 6. The van der Waals surface area contributed by atoms with E-state index in [2.05, 4.69) is 10.6 Å². The summed E-state index contributed by atoms with van der Waals surface area (Å²) in [5, 5.41) is 21.8. The van der Waals surface area contributed by atoms with Gasteiger partial charge < -0.3 is 31.9 Å². The molecule has 1 rings (SSSR count). The molecule has 0 fully saturated rings. The molecule has 1 aromatic carbocycles. The summed E-state index contributed by atoms with van der Waals surface area (Å²) in [4.78, 5) is 25.0. The number of hydrogen-bond acceptors (Lipinski definition) is 6. The van der Waals surface area contributed by atoms with E-state index < -0.39 is 29.6 Å². The number of carbonyl (C=O) groups excluding carboxylic acids is 2. The van der Waals surface area contributed by atoms with Crippen molar-refractivity contribution < 1.29 is 19.4 Å². The Hall–Kier alpha value is -2.81. The molecule has 1 amide bonds. The summed E-state index contributed by atoms with van der Waals surface area (Å²) >= 11 is 0. The van der Waals surface area contributed by atoms with Gasteiger partial charge in [0.2, 0.25) is 5.91 Å². The predicted octanol–water partition coefficient (Wildman–Crippen LogP) is 0.352. The van der Waals surface area contributed by atoms with Gasteiger partial charge in [0.1, 0.15) is 17.4 Å². The number of guanidine groups is 1. The van der Waals surface area contributed by atoms with Crippen LogP contribution >= 0.6 is 0 Å². The molecule has 9 nitrogen and oxygen atoms in total. The van der Waals surface area contributed by atoms with Gasteiger partial charge in [-0.15, -0.1) is 0 Å². The Bertz CT molecular complexity index is 670. The Kier molecular flexibility index (Phi) is 8.72. The average molecular weight is 393 g/mol. The van der Waals surface area contributed by atoms with Crippen LogP contribution in [-0.4, -0.2) is 47.2 Å². The van der Waals surface area contributed by atoms with Crippen LogP contribution in [0, 0.1) is 5.41 Å². The zero-order valence-electron chi connectivity index (χ0n) is 16.6. The summed E-state index contributed by atoms with van der Waals surface area (Å²) in [5.74, 6) is -1.04. The monoisotopic (exact) mass is 393 g/mol. The molecule has 2 atom stereocenters. The molecule has 156 valence electrons. The molecule has 0 heterocycles. The number of aromatic hydroxyl groups is 1. The average Bonchev–Trinajstić information content (AvgIpc) is 2.58. The lowest BCUT2D eigenvalue weighted by Crippen LogP contribution is -2.51. The van der Waals surface area contributed by atoms with Crippen molar-refractivity contribution in [3.63, 3.8) is 0 Å². The minimum absolute atomic E-state index is 0.114. The second kappa shape index (κ2) is 10.5. The number of rotatable bonds is 9. The topological polar surface area (TPSA) is 164 Å². The number of esters is 1. The number of phenols is 1. The van der Waals surface area contributed by atoms with E-state index in [1.807, 2.05) is 0 Å². The maximum atomic E-state index is 12.5. The zero-order valence-corrected chi connectivity index (χ0v) is 16.6. The molecule has 0 aliphatic carbocycles. The van der Waals surface area contributed by atoms with Gasteiger partial charge in [-0.05, 0) is 51.3 Å². The quantitative estimate of drug-likeness (QED) is 0.152. The van der Waals surface area contributed by atoms with E-state index in [0.717, 1.165) is 5.56 Å². The highest BCUT2D eigenvalue weighted by atomic mass is 16.6. The van der Waals surface area contributed by atoms with Gasteiger partial charge in [0.15, 0.2) is 5.96 Å². The SMILES string of the molecule is CC(C)(C)OC(=O)[C@H](Cc1ccc(O)cc1)NC(=O)[C@H](N)CCCNC(=N)N. The normalized spacial score (nSPS) is 13.3. The van der Waals surface area contributed by atoms with Crippen molar-refractivity contribution in [2.24, 2.45) is 11.5 Å². The molecule has 0 aliphatic heterocycles. The lowest BCUT2D eigenvalue weighted by molar-refractivity contribution is -0.158. The molecule has 1 aromatic rings. The van der Waals surface area contributed by atoms with E-state index in [9.17, 15) is 14.7 Å². The summed E-state index contributed by atoms with van der Waals surface area (Å²) in [5.41, 5.74) is 11.2. The molecule has 0 radical (unpaired) electrons. The molecule has 0 bridgehead atoms. The molecular formula is C19H31N5O4. The number of ether oxygens (including phenoxy) is 1. The van der Waals surface area contributed by atoms with Crippen molar-refractivity contribution in [2.75, 3.05) is 6.54 Å². The molecule has 9 heteroatoms. The highest BCUT2D eigenvalue weighted by Gasteiger charge is 2.28. The minimum atomic E-state index is -0.905. The Morgan fingerprint density at radius 1 is 1.25 bits per heavy atom. The first-order valence-electron chi connectivity index (χ1n) is 9.12. The van der Waals surface area contributed by atoms with Gasteiger partial charge in [-0.3, -0.25) is 10.2 Å². The first-order chi connectivity index (χ1) is 13.0. The molecule has 0 saturated heterocycles. The van der Waals surface area contributed by atoms with Crippen LogP contribution in [0.25, 0.3) is 0 Å². The van der Waals surface area contributed by atoms with Gasteiger partial charge in [0.05, 0.1) is 6.04 Å². The number of phenolic OH excluding ortho intramolecular Hbond substituents is 1. The van der Waals surface area contributed by atoms with Gasteiger partial charge in [0, 0.05) is 13.0 Å². The van der Waals surface area contributed by atoms with Gasteiger partial charge in [0.25, 0.3) is 0 Å². The highest BCUT2D eigenvalue weighted by molar-refractivity contribution is 5.87. The van der Waals surface area contributed by atoms with Crippen LogP contribution in [0.1, 0.15) is 39.2 Å². The molecule has 28 heavy (non-hydrogen) atoms. The maximum absolute atomic E-state index is 12.5. The Morgan fingerprint density at radius 2 is 1.86 bits per heavy atom. The maximum Gasteiger partial charge on any atom is 0.329 e. The lowest BCUT2D eigenvalue weighted by atomic mass is 10.0. The zero-order chi connectivity index (χ0) is 21.3. The molecule has 0 spiro atoms. The summed E-state index contributed by atoms with van der Waals surface area (Å²) in [7, 11) is 0. The Balaban J connectivity index is 2.74. The predicted molar refractivity (Wildman–Crippen MR) is 107 cm³/mol. The van der Waals surface area contributed by atoms with Crippen LogP contribution in [0.15, 0.2) is 24.3 Å². The molecule has 0 saturated carbocycles. The summed E-state index contributed by atoms with van der Waals surface area (Å²) in [6.07, 6.45) is 1.12. The number of benzene rings is 1. The summed E-state index contributed by atoms with van der Waals surface area (Å²) in [6.45, 7) is 5.67. The van der Waals surface area contributed by atoms with Gasteiger partial charge >= 0.3 is 5.97 Å². The standard InChI is InChI=1S/C19H31N5O4/c1-19(2,3)28-17(27)15(11-12-6-8-13(25)9-7-12)24-16(26)14(20)5-4-10-23-18(21)22/h6-9,14-15,25H,4-5,10-11,20H2,1-3H3,(H,24,26)(H4,21,22,23)/t14-,15+/m1/s1. The van der Waals surface area contributed by atoms with Crippen molar-refractivity contribution in [3.05, 3.63) is 29.8 Å². The van der Waals surface area contributed by atoms with Gasteiger partial charge in [-0.2, -0.15) is 0 Å². The number of amides is 1. The van der Waals surface area contributed by atoms with E-state index in [0.29, 0.717) is 19.4 Å². The lowest BCUT2D eigenvalue weighted by Gasteiger charge is -2.25. The van der Waals surface area contributed by atoms with Gasteiger partial charge in [-0.1, -0.05) is 12.1 Å². The number of nitrogens with two attached hydrogens (primary N) is 2. The Labute approximate surface area is 165 Å². The van der Waals surface area contributed by atoms with Crippen LogP contribution in [0.2, 0.25) is 0 Å². The fourth-order valence-electron chi connectivity index (χ4n) is 2.39.